The molecule has 11 heavy (non-hydrogen) atoms. The van der Waals surface area contributed by atoms with Crippen LogP contribution in [0, 0.1) is 11.8 Å². The Hall–Kier alpha value is -0.330. The molecular weight excluding hydrogens is 136 g/mol. The van der Waals surface area contributed by atoms with Gasteiger partial charge in [-0.25, -0.2) is 0 Å². The zero-order valence-corrected chi connectivity index (χ0v) is 7.60. The Bertz CT molecular complexity index is 140. The minimum atomic E-state index is 0.373. The summed E-state index contributed by atoms with van der Waals surface area (Å²) in [6, 6.07) is 0. The van der Waals surface area contributed by atoms with Crippen molar-refractivity contribution >= 4 is 5.78 Å². The number of ketones is 1. The predicted octanol–water partition coefficient (Wildman–Crippen LogP) is 2.79. The van der Waals surface area contributed by atoms with Crippen LogP contribution in [-0.2, 0) is 4.79 Å². The fourth-order valence-electron chi connectivity index (χ4n) is 2.10. The Morgan fingerprint density at radius 2 is 2.18 bits per heavy atom. The van der Waals surface area contributed by atoms with Crippen LogP contribution in [0.25, 0.3) is 0 Å². The minimum Gasteiger partial charge on any atom is -0.299 e. The fraction of sp³-hybridized carbons (Fsp3) is 0.900. The van der Waals surface area contributed by atoms with Crippen molar-refractivity contribution in [2.45, 2.75) is 46.0 Å². The van der Waals surface area contributed by atoms with E-state index in [4.69, 9.17) is 0 Å². The van der Waals surface area contributed by atoms with E-state index in [-0.39, 0.29) is 0 Å². The molecule has 1 rings (SSSR count). The first-order chi connectivity index (χ1) is 5.25. The molecular formula is C10H18O. The summed E-state index contributed by atoms with van der Waals surface area (Å²) >= 11 is 0. The second-order valence-corrected chi connectivity index (χ2v) is 3.70. The Kier molecular flexibility index (Phi) is 3.10. The average Bonchev–Trinajstić information content (AvgIpc) is 2.12. The molecule has 0 radical (unpaired) electrons. The third-order valence-corrected chi connectivity index (χ3v) is 2.87. The van der Waals surface area contributed by atoms with Crippen molar-refractivity contribution in [3.8, 4) is 0 Å². The third kappa shape index (κ3) is 2.05. The normalized spacial score (nSPS) is 33.5. The molecule has 0 N–H and O–H groups in total. The van der Waals surface area contributed by atoms with E-state index >= 15 is 0 Å². The van der Waals surface area contributed by atoms with E-state index in [1.165, 1.54) is 12.8 Å². The quantitative estimate of drug-likeness (QED) is 0.531. The largest absolute Gasteiger partial charge is 0.299 e. The Morgan fingerprint density at radius 1 is 1.45 bits per heavy atom. The molecule has 0 heterocycles. The van der Waals surface area contributed by atoms with Gasteiger partial charge in [0.25, 0.3) is 0 Å². The first kappa shape index (κ1) is 8.76. The van der Waals surface area contributed by atoms with Gasteiger partial charge in [0.1, 0.15) is 5.78 Å². The maximum atomic E-state index is 11.5. The van der Waals surface area contributed by atoms with Gasteiger partial charge in [-0.2, -0.15) is 0 Å². The number of rotatable bonds is 1. The van der Waals surface area contributed by atoms with Crippen LogP contribution in [-0.4, -0.2) is 5.78 Å². The highest BCUT2D eigenvalue weighted by Gasteiger charge is 2.24. The van der Waals surface area contributed by atoms with Gasteiger partial charge in [0, 0.05) is 12.3 Å². The molecule has 0 aromatic carbocycles. The number of Topliss-reactive ketones (excluding diaryl/α,β-unsaturated/α-hetero) is 1. The highest BCUT2D eigenvalue weighted by Crippen LogP contribution is 2.27. The van der Waals surface area contributed by atoms with Crippen molar-refractivity contribution in [3.05, 3.63) is 0 Å². The summed E-state index contributed by atoms with van der Waals surface area (Å²) in [5.41, 5.74) is 0. The van der Waals surface area contributed by atoms with Gasteiger partial charge in [0.05, 0.1) is 0 Å². The van der Waals surface area contributed by atoms with Crippen molar-refractivity contribution in [2.75, 3.05) is 0 Å². The Balaban J connectivity index is 2.58. The van der Waals surface area contributed by atoms with E-state index in [1.54, 1.807) is 0 Å². The van der Waals surface area contributed by atoms with Crippen molar-refractivity contribution in [3.63, 3.8) is 0 Å². The number of carbonyl (C=O) groups is 1. The molecule has 0 saturated heterocycles. The van der Waals surface area contributed by atoms with E-state index in [0.29, 0.717) is 17.6 Å². The average molecular weight is 154 g/mol. The van der Waals surface area contributed by atoms with Crippen LogP contribution in [0.4, 0.5) is 0 Å². The number of carbonyl (C=O) groups excluding carboxylic acids is 1. The van der Waals surface area contributed by atoms with Crippen LogP contribution < -0.4 is 0 Å². The van der Waals surface area contributed by atoms with Gasteiger partial charge in [-0.15, -0.1) is 0 Å². The molecule has 0 amide bonds. The summed E-state index contributed by atoms with van der Waals surface area (Å²) in [7, 11) is 0. The molecule has 1 heteroatoms. The van der Waals surface area contributed by atoms with E-state index in [2.05, 4.69) is 13.8 Å². The van der Waals surface area contributed by atoms with Crippen LogP contribution in [0.3, 0.4) is 0 Å². The lowest BCUT2D eigenvalue weighted by Crippen LogP contribution is -2.18. The fourth-order valence-corrected chi connectivity index (χ4v) is 2.10. The van der Waals surface area contributed by atoms with E-state index in [9.17, 15) is 4.79 Å². The second-order valence-electron chi connectivity index (χ2n) is 3.70. The Labute approximate surface area is 69.2 Å². The standard InChI is InChI=1S/C10H18O/c1-3-9-8(2)6-4-5-7-10(9)11/h8-9H,3-7H2,1-2H3. The third-order valence-electron chi connectivity index (χ3n) is 2.87. The van der Waals surface area contributed by atoms with Gasteiger partial charge in [0.2, 0.25) is 0 Å². The lowest BCUT2D eigenvalue weighted by atomic mass is 9.87. The van der Waals surface area contributed by atoms with E-state index < -0.39 is 0 Å². The lowest BCUT2D eigenvalue weighted by Gasteiger charge is -2.17. The summed E-state index contributed by atoms with van der Waals surface area (Å²) in [4.78, 5) is 11.5. The predicted molar refractivity (Wildman–Crippen MR) is 46.4 cm³/mol. The summed E-state index contributed by atoms with van der Waals surface area (Å²) in [5, 5.41) is 0. The zero-order valence-electron chi connectivity index (χ0n) is 7.60. The molecule has 1 saturated carbocycles. The number of hydrogen-bond acceptors (Lipinski definition) is 1. The topological polar surface area (TPSA) is 17.1 Å². The molecule has 64 valence electrons. The Morgan fingerprint density at radius 3 is 2.82 bits per heavy atom. The monoisotopic (exact) mass is 154 g/mol. The van der Waals surface area contributed by atoms with Gasteiger partial charge < -0.3 is 0 Å². The molecule has 0 aromatic rings. The SMILES string of the molecule is CCC1C(=O)CCCCC1C. The van der Waals surface area contributed by atoms with Crippen molar-refractivity contribution in [1.29, 1.82) is 0 Å². The smallest absolute Gasteiger partial charge is 0.136 e. The molecule has 0 aromatic heterocycles. The lowest BCUT2D eigenvalue weighted by molar-refractivity contribution is -0.123. The van der Waals surface area contributed by atoms with Crippen LogP contribution in [0.1, 0.15) is 46.0 Å². The van der Waals surface area contributed by atoms with Gasteiger partial charge >= 0.3 is 0 Å². The molecule has 2 atom stereocenters. The van der Waals surface area contributed by atoms with Gasteiger partial charge in [-0.3, -0.25) is 4.79 Å². The molecule has 1 nitrogen and oxygen atoms in total. The molecule has 1 aliphatic rings. The van der Waals surface area contributed by atoms with Gasteiger partial charge in [0.15, 0.2) is 0 Å². The summed E-state index contributed by atoms with van der Waals surface area (Å²) in [6.45, 7) is 4.35. The van der Waals surface area contributed by atoms with Crippen LogP contribution in [0.15, 0.2) is 0 Å². The zero-order chi connectivity index (χ0) is 8.27. The van der Waals surface area contributed by atoms with Crippen molar-refractivity contribution < 1.29 is 4.79 Å². The summed E-state index contributed by atoms with van der Waals surface area (Å²) in [5.74, 6) is 1.52. The highest BCUT2D eigenvalue weighted by atomic mass is 16.1. The summed E-state index contributed by atoms with van der Waals surface area (Å²) < 4.78 is 0. The van der Waals surface area contributed by atoms with Gasteiger partial charge in [-0.05, 0) is 18.8 Å². The highest BCUT2D eigenvalue weighted by molar-refractivity contribution is 5.81. The van der Waals surface area contributed by atoms with Crippen LogP contribution >= 0.6 is 0 Å². The van der Waals surface area contributed by atoms with Crippen molar-refractivity contribution in [2.24, 2.45) is 11.8 Å². The molecule has 0 bridgehead atoms. The molecule has 0 spiro atoms. The summed E-state index contributed by atoms with van der Waals surface area (Å²) in [6.07, 6.45) is 5.51. The molecule has 0 aliphatic heterocycles. The van der Waals surface area contributed by atoms with E-state index in [0.717, 1.165) is 19.3 Å². The molecule has 1 aliphatic carbocycles. The molecule has 1 fully saturated rings. The molecule has 2 unspecified atom stereocenters. The first-order valence-corrected chi connectivity index (χ1v) is 4.78. The van der Waals surface area contributed by atoms with Gasteiger partial charge in [-0.1, -0.05) is 26.7 Å². The number of hydrogen-bond donors (Lipinski definition) is 0. The maximum absolute atomic E-state index is 11.5. The van der Waals surface area contributed by atoms with Crippen LogP contribution in [0.2, 0.25) is 0 Å². The van der Waals surface area contributed by atoms with Crippen molar-refractivity contribution in [1.82, 2.24) is 0 Å². The first-order valence-electron chi connectivity index (χ1n) is 4.78. The second kappa shape index (κ2) is 3.89. The minimum absolute atomic E-state index is 0.373. The van der Waals surface area contributed by atoms with E-state index in [1.807, 2.05) is 0 Å². The van der Waals surface area contributed by atoms with Crippen LogP contribution in [0.5, 0.6) is 0 Å². The maximum Gasteiger partial charge on any atom is 0.136 e.